The molecule has 0 atom stereocenters. The third kappa shape index (κ3) is 6.33. The number of anilines is 1. The van der Waals surface area contributed by atoms with Crippen molar-refractivity contribution in [2.75, 3.05) is 18.1 Å². The summed E-state index contributed by atoms with van der Waals surface area (Å²) in [6.07, 6.45) is 5.17. The normalized spacial score (nSPS) is 13.1. The molecule has 52 heavy (non-hydrogen) atoms. The second-order valence-electron chi connectivity index (χ2n) is 13.4. The first-order valence-corrected chi connectivity index (χ1v) is 18.0. The predicted octanol–water partition coefficient (Wildman–Crippen LogP) is 9.40. The molecule has 0 radical (unpaired) electrons. The van der Waals surface area contributed by atoms with Crippen molar-refractivity contribution in [3.05, 3.63) is 116 Å². The minimum absolute atomic E-state index is 0.101. The van der Waals surface area contributed by atoms with Crippen LogP contribution in [-0.4, -0.2) is 49.5 Å². The highest BCUT2D eigenvalue weighted by molar-refractivity contribution is 6.35. The van der Waals surface area contributed by atoms with E-state index >= 15 is 4.79 Å². The minimum Gasteiger partial charge on any atom is -0.494 e. The molecule has 0 spiro atoms. The highest BCUT2D eigenvalue weighted by Crippen LogP contribution is 2.43. The summed E-state index contributed by atoms with van der Waals surface area (Å²) in [7, 11) is 1.92. The molecule has 1 aliphatic rings. The van der Waals surface area contributed by atoms with Gasteiger partial charge in [0, 0.05) is 65.4 Å². The fourth-order valence-corrected chi connectivity index (χ4v) is 7.84. The number of nitrogens with zero attached hydrogens (tertiary/aromatic N) is 5. The van der Waals surface area contributed by atoms with E-state index in [9.17, 15) is 9.90 Å². The number of amides is 1. The van der Waals surface area contributed by atoms with E-state index in [1.54, 1.807) is 29.4 Å². The first-order valence-electron chi connectivity index (χ1n) is 17.3. The molecule has 0 aliphatic carbocycles. The summed E-state index contributed by atoms with van der Waals surface area (Å²) in [6, 6.07) is 16.5. The third-order valence-corrected chi connectivity index (χ3v) is 10.9. The van der Waals surface area contributed by atoms with Gasteiger partial charge in [-0.15, -0.1) is 0 Å². The number of carbonyl (C=O) groups excluding carboxylic acids is 1. The average molecular weight is 737 g/mol. The lowest BCUT2D eigenvalue weighted by Crippen LogP contribution is -2.32. The highest BCUT2D eigenvalue weighted by Gasteiger charge is 2.33. The molecule has 6 aromatic rings. The number of carbonyl (C=O) groups is 2. The number of ether oxygens (including phenoxy) is 1. The smallest absolute Gasteiger partial charge is 0.335 e. The van der Waals surface area contributed by atoms with Crippen molar-refractivity contribution < 1.29 is 19.4 Å². The zero-order valence-electron chi connectivity index (χ0n) is 29.8. The van der Waals surface area contributed by atoms with Crippen molar-refractivity contribution >= 4 is 51.7 Å². The summed E-state index contributed by atoms with van der Waals surface area (Å²) >= 11 is 13.5. The molecular weight excluding hydrogens is 697 g/mol. The van der Waals surface area contributed by atoms with Gasteiger partial charge in [0.15, 0.2) is 0 Å². The van der Waals surface area contributed by atoms with Crippen molar-refractivity contribution in [2.24, 2.45) is 7.05 Å². The molecule has 3 aromatic heterocycles. The molecule has 0 saturated carbocycles. The van der Waals surface area contributed by atoms with Crippen LogP contribution in [0.2, 0.25) is 10.0 Å². The number of pyridine rings is 1. The van der Waals surface area contributed by atoms with E-state index < -0.39 is 5.97 Å². The molecular formula is C41H39Cl2N5O4. The summed E-state index contributed by atoms with van der Waals surface area (Å²) < 4.78 is 10.2. The van der Waals surface area contributed by atoms with Crippen LogP contribution in [0.1, 0.15) is 61.8 Å². The number of carboxylic acids is 1. The second kappa shape index (κ2) is 14.1. The summed E-state index contributed by atoms with van der Waals surface area (Å²) in [4.78, 5) is 33.2. The molecule has 0 saturated heterocycles. The van der Waals surface area contributed by atoms with E-state index in [1.165, 1.54) is 0 Å². The molecule has 266 valence electrons. The second-order valence-corrected chi connectivity index (χ2v) is 14.2. The van der Waals surface area contributed by atoms with Gasteiger partial charge in [0.05, 0.1) is 28.4 Å². The van der Waals surface area contributed by atoms with E-state index in [-0.39, 0.29) is 11.5 Å². The molecule has 1 N–H and O–H groups in total. The average Bonchev–Trinajstić information content (AvgIpc) is 3.50. The Hall–Kier alpha value is -5.12. The molecule has 1 aliphatic heterocycles. The van der Waals surface area contributed by atoms with Gasteiger partial charge >= 0.3 is 5.97 Å². The molecule has 9 nitrogen and oxygen atoms in total. The molecule has 0 fully saturated rings. The van der Waals surface area contributed by atoms with Crippen molar-refractivity contribution in [1.29, 1.82) is 0 Å². The number of hydrogen-bond acceptors (Lipinski definition) is 5. The van der Waals surface area contributed by atoms with Crippen LogP contribution in [0.3, 0.4) is 0 Å². The van der Waals surface area contributed by atoms with E-state index in [4.69, 9.17) is 33.0 Å². The van der Waals surface area contributed by atoms with Gasteiger partial charge in [-0.25, -0.2) is 4.79 Å². The maximum Gasteiger partial charge on any atom is 0.335 e. The molecule has 1 amide bonds. The lowest BCUT2D eigenvalue weighted by molar-refractivity contribution is 0.0696. The van der Waals surface area contributed by atoms with E-state index in [2.05, 4.69) is 9.55 Å². The molecule has 11 heteroatoms. The van der Waals surface area contributed by atoms with Crippen molar-refractivity contribution in [3.8, 4) is 28.0 Å². The van der Waals surface area contributed by atoms with Crippen LogP contribution in [0.4, 0.5) is 5.69 Å². The maximum absolute atomic E-state index is 15.0. The number of carboxylic acid groups (broad SMARTS) is 1. The van der Waals surface area contributed by atoms with Gasteiger partial charge in [-0.05, 0) is 123 Å². The third-order valence-electron chi connectivity index (χ3n) is 9.99. The largest absolute Gasteiger partial charge is 0.494 e. The van der Waals surface area contributed by atoms with Gasteiger partial charge in [-0.2, -0.15) is 5.10 Å². The molecule has 0 unspecified atom stereocenters. The van der Waals surface area contributed by atoms with Crippen molar-refractivity contribution in [2.45, 2.75) is 53.5 Å². The number of rotatable bonds is 9. The zero-order chi connectivity index (χ0) is 36.8. The Labute approximate surface area is 312 Å². The van der Waals surface area contributed by atoms with Gasteiger partial charge < -0.3 is 19.3 Å². The van der Waals surface area contributed by atoms with Crippen LogP contribution < -0.4 is 9.64 Å². The minimum atomic E-state index is -1.07. The Balaban J connectivity index is 1.36. The Morgan fingerprint density at radius 1 is 0.923 bits per heavy atom. The van der Waals surface area contributed by atoms with E-state index in [0.717, 1.165) is 66.4 Å². The number of aryl methyl sites for hydroxylation is 6. The van der Waals surface area contributed by atoms with Crippen LogP contribution in [0, 0.1) is 27.7 Å². The Kier molecular flexibility index (Phi) is 9.59. The fraction of sp³-hybridized carbons (Fsp3) is 0.268. The summed E-state index contributed by atoms with van der Waals surface area (Å²) in [6.45, 7) is 9.32. The first kappa shape index (κ1) is 35.3. The van der Waals surface area contributed by atoms with Crippen LogP contribution in [0.25, 0.3) is 33.2 Å². The van der Waals surface area contributed by atoms with Crippen LogP contribution in [0.15, 0.2) is 67.0 Å². The Morgan fingerprint density at radius 3 is 2.33 bits per heavy atom. The maximum atomic E-state index is 15.0. The number of aromatic carboxylic acids is 1. The standard InChI is InChI=1S/C41H39Cl2N5O4/c1-23-18-31(19-24(2)37(23)43)52-17-6-8-32-33-9-10-34(42)36(35-25(3)45-46(5)26(35)4)38(33)48-16-7-15-47(40(49)39(32)48)30-21-28(20-29(22-30)41(50)51)27-11-13-44-14-12-27/h9-14,18-22H,6-8,15-17H2,1-5H3,(H,50,51). The highest BCUT2D eigenvalue weighted by atomic mass is 35.5. The molecule has 0 bridgehead atoms. The van der Waals surface area contributed by atoms with Crippen LogP contribution >= 0.6 is 23.2 Å². The topological polar surface area (TPSA) is 102 Å². The summed E-state index contributed by atoms with van der Waals surface area (Å²) in [5, 5.41) is 17.1. The number of hydrogen-bond donors (Lipinski definition) is 1. The quantitative estimate of drug-likeness (QED) is 0.149. The van der Waals surface area contributed by atoms with Gasteiger partial charge in [0.1, 0.15) is 11.4 Å². The molecule has 4 heterocycles. The molecule has 3 aromatic carbocycles. The summed E-state index contributed by atoms with van der Waals surface area (Å²) in [5.74, 6) is -0.512. The predicted molar refractivity (Wildman–Crippen MR) is 206 cm³/mol. The Morgan fingerprint density at radius 2 is 1.65 bits per heavy atom. The number of fused-ring (bicyclic) bond motifs is 3. The van der Waals surface area contributed by atoms with Crippen molar-refractivity contribution in [1.82, 2.24) is 19.3 Å². The van der Waals surface area contributed by atoms with Crippen LogP contribution in [-0.2, 0) is 20.0 Å². The monoisotopic (exact) mass is 735 g/mol. The van der Waals surface area contributed by atoms with Gasteiger partial charge in [-0.3, -0.25) is 14.5 Å². The SMILES string of the molecule is Cc1cc(OCCCc2c3n(c4c(-c5c(C)nn(C)c5C)c(Cl)ccc24)CCCN(c2cc(C(=O)O)cc(-c4ccncc4)c2)C3=O)cc(C)c1Cl. The van der Waals surface area contributed by atoms with Crippen molar-refractivity contribution in [3.63, 3.8) is 0 Å². The van der Waals surface area contributed by atoms with Gasteiger partial charge in [0.2, 0.25) is 0 Å². The molecule has 7 rings (SSSR count). The fourth-order valence-electron chi connectivity index (χ4n) is 7.48. The first-order chi connectivity index (χ1) is 24.9. The van der Waals surface area contributed by atoms with Gasteiger partial charge in [0.25, 0.3) is 5.91 Å². The Bertz CT molecular complexity index is 2360. The summed E-state index contributed by atoms with van der Waals surface area (Å²) in [5.41, 5.74) is 10.0. The van der Waals surface area contributed by atoms with E-state index in [0.29, 0.717) is 60.9 Å². The van der Waals surface area contributed by atoms with E-state index in [1.807, 2.05) is 81.9 Å². The zero-order valence-corrected chi connectivity index (χ0v) is 31.3. The lowest BCUT2D eigenvalue weighted by Gasteiger charge is -2.22. The van der Waals surface area contributed by atoms with Gasteiger partial charge in [-0.1, -0.05) is 29.3 Å². The van der Waals surface area contributed by atoms with Crippen LogP contribution in [0.5, 0.6) is 5.75 Å². The number of benzene rings is 3. The lowest BCUT2D eigenvalue weighted by atomic mass is 9.98. The number of halogens is 2. The number of aromatic nitrogens is 4.